The van der Waals surface area contributed by atoms with Gasteiger partial charge in [-0.1, -0.05) is 38.1 Å². The summed E-state index contributed by atoms with van der Waals surface area (Å²) in [5, 5.41) is 23.2. The molecule has 0 radical (unpaired) electrons. The smallest absolute Gasteiger partial charge is 0.388 e. The molecule has 36 heavy (non-hydrogen) atoms. The molecule has 2 aromatic heterocycles. The van der Waals surface area contributed by atoms with E-state index in [9.17, 15) is 18.7 Å². The summed E-state index contributed by atoms with van der Waals surface area (Å²) in [4.78, 5) is 22.1. The highest BCUT2D eigenvalue weighted by Crippen LogP contribution is 2.57. The minimum Gasteiger partial charge on any atom is -0.415 e. The van der Waals surface area contributed by atoms with Gasteiger partial charge in [-0.05, 0) is 48.2 Å². The summed E-state index contributed by atoms with van der Waals surface area (Å²) in [6.07, 6.45) is 1.40. The number of aryl methyl sites for hydroxylation is 1. The number of halogens is 2. The van der Waals surface area contributed by atoms with E-state index in [4.69, 9.17) is 5.26 Å². The Morgan fingerprint density at radius 2 is 1.89 bits per heavy atom. The van der Waals surface area contributed by atoms with Gasteiger partial charge in [-0.15, -0.1) is 0 Å². The van der Waals surface area contributed by atoms with Gasteiger partial charge in [0.05, 0.1) is 16.7 Å². The van der Waals surface area contributed by atoms with Crippen LogP contribution in [0.1, 0.15) is 60.7 Å². The quantitative estimate of drug-likeness (QED) is 0.484. The van der Waals surface area contributed by atoms with Crippen molar-refractivity contribution in [2.24, 2.45) is 0 Å². The zero-order valence-electron chi connectivity index (χ0n) is 20.1. The number of nitrogens with one attached hydrogen (secondary N) is 1. The van der Waals surface area contributed by atoms with Crippen LogP contribution in [0.15, 0.2) is 54.7 Å². The number of aliphatic hydroxyl groups is 1. The number of hydrogen-bond acceptors (Lipinski definition) is 6. The van der Waals surface area contributed by atoms with Crippen molar-refractivity contribution < 1.29 is 23.4 Å². The van der Waals surface area contributed by atoms with Crippen LogP contribution in [0.2, 0.25) is 0 Å². The van der Waals surface area contributed by atoms with E-state index >= 15 is 0 Å². The standard InChI is InChI=1S/C27H26F2N4O3/c1-16(2)19-6-4-5-7-20(19)26(14-27(35,15-26)22-11-9-18(12-30)13-31-22)24(34)33-21-10-8-17(3)32-23(21)36-25(28)29/h4-11,13,16,25,35H,14-15H2,1-3H3,(H,33,34). The first kappa shape index (κ1) is 25.2. The number of carbonyl (C=O) groups is 1. The number of nitriles is 1. The summed E-state index contributed by atoms with van der Waals surface area (Å²) < 4.78 is 30.5. The lowest BCUT2D eigenvalue weighted by molar-refractivity contribution is -0.145. The van der Waals surface area contributed by atoms with Crippen molar-refractivity contribution in [3.63, 3.8) is 0 Å². The highest BCUT2D eigenvalue weighted by atomic mass is 19.3. The van der Waals surface area contributed by atoms with Gasteiger partial charge in [0.25, 0.3) is 0 Å². The predicted octanol–water partition coefficient (Wildman–Crippen LogP) is 4.94. The summed E-state index contributed by atoms with van der Waals surface area (Å²) in [6, 6.07) is 15.7. The van der Waals surface area contributed by atoms with Gasteiger partial charge in [-0.2, -0.15) is 14.0 Å². The fourth-order valence-corrected chi connectivity index (χ4v) is 4.82. The van der Waals surface area contributed by atoms with Crippen LogP contribution < -0.4 is 10.1 Å². The highest BCUT2D eigenvalue weighted by Gasteiger charge is 2.61. The number of ether oxygens (including phenoxy) is 1. The van der Waals surface area contributed by atoms with Gasteiger partial charge in [-0.25, -0.2) is 4.98 Å². The lowest BCUT2D eigenvalue weighted by Gasteiger charge is -2.52. The third-order valence-corrected chi connectivity index (χ3v) is 6.54. The number of aromatic nitrogens is 2. The van der Waals surface area contributed by atoms with Gasteiger partial charge < -0.3 is 15.2 Å². The molecule has 0 spiro atoms. The van der Waals surface area contributed by atoms with E-state index in [-0.39, 0.29) is 30.3 Å². The molecule has 2 heterocycles. The van der Waals surface area contributed by atoms with Gasteiger partial charge in [0.1, 0.15) is 17.4 Å². The molecular weight excluding hydrogens is 466 g/mol. The first-order chi connectivity index (χ1) is 17.1. The number of rotatable bonds is 7. The first-order valence-corrected chi connectivity index (χ1v) is 11.5. The predicted molar refractivity (Wildman–Crippen MR) is 129 cm³/mol. The first-order valence-electron chi connectivity index (χ1n) is 11.5. The van der Waals surface area contributed by atoms with Crippen LogP contribution in [0.5, 0.6) is 5.88 Å². The maximum atomic E-state index is 13.9. The average Bonchev–Trinajstić information content (AvgIpc) is 2.83. The molecule has 3 aromatic rings. The van der Waals surface area contributed by atoms with E-state index in [1.54, 1.807) is 25.1 Å². The normalized spacial score (nSPS) is 21.1. The largest absolute Gasteiger partial charge is 0.415 e. The number of pyridine rings is 2. The molecule has 1 fully saturated rings. The molecule has 1 aliphatic rings. The van der Waals surface area contributed by atoms with Crippen LogP contribution in [0.25, 0.3) is 0 Å². The Morgan fingerprint density at radius 3 is 2.50 bits per heavy atom. The zero-order valence-corrected chi connectivity index (χ0v) is 20.1. The highest BCUT2D eigenvalue weighted by molar-refractivity contribution is 6.01. The Kier molecular flexibility index (Phi) is 6.74. The molecule has 7 nitrogen and oxygen atoms in total. The topological polar surface area (TPSA) is 108 Å². The number of benzene rings is 1. The number of carbonyl (C=O) groups excluding carboxylic acids is 1. The Morgan fingerprint density at radius 1 is 1.17 bits per heavy atom. The molecule has 186 valence electrons. The summed E-state index contributed by atoms with van der Waals surface area (Å²) in [6.45, 7) is 2.54. The average molecular weight is 493 g/mol. The van der Waals surface area contributed by atoms with Gasteiger partial charge in [0, 0.05) is 24.7 Å². The Labute approximate surface area is 207 Å². The Bertz CT molecular complexity index is 1310. The molecule has 0 unspecified atom stereocenters. The van der Waals surface area contributed by atoms with Gasteiger partial charge in [-0.3, -0.25) is 9.78 Å². The summed E-state index contributed by atoms with van der Waals surface area (Å²) >= 11 is 0. The molecule has 1 saturated carbocycles. The fourth-order valence-electron chi connectivity index (χ4n) is 4.82. The zero-order chi connectivity index (χ0) is 26.1. The summed E-state index contributed by atoms with van der Waals surface area (Å²) in [5.74, 6) is -0.765. The number of nitrogens with zero attached hydrogens (tertiary/aromatic N) is 3. The Balaban J connectivity index is 1.74. The molecule has 1 aromatic carbocycles. The number of amides is 1. The number of alkyl halides is 2. The van der Waals surface area contributed by atoms with Crippen molar-refractivity contribution >= 4 is 11.6 Å². The van der Waals surface area contributed by atoms with Crippen molar-refractivity contribution in [1.82, 2.24) is 9.97 Å². The SMILES string of the molecule is Cc1ccc(NC(=O)C2(c3ccccc3C(C)C)CC(O)(c3ccc(C#N)cn3)C2)c(OC(F)F)n1. The van der Waals surface area contributed by atoms with Crippen molar-refractivity contribution in [3.05, 3.63) is 82.8 Å². The van der Waals surface area contributed by atoms with Crippen LogP contribution in [0, 0.1) is 18.3 Å². The van der Waals surface area contributed by atoms with Crippen LogP contribution in [-0.2, 0) is 15.8 Å². The number of hydrogen-bond donors (Lipinski definition) is 2. The Hall–Kier alpha value is -3.90. The molecule has 0 aliphatic heterocycles. The second-order valence-electron chi connectivity index (χ2n) is 9.39. The van der Waals surface area contributed by atoms with Crippen molar-refractivity contribution in [3.8, 4) is 11.9 Å². The van der Waals surface area contributed by atoms with E-state index in [0.717, 1.165) is 11.1 Å². The van der Waals surface area contributed by atoms with Crippen molar-refractivity contribution in [2.45, 2.75) is 57.2 Å². The fraction of sp³-hybridized carbons (Fsp3) is 0.333. The summed E-state index contributed by atoms with van der Waals surface area (Å²) in [7, 11) is 0. The number of anilines is 1. The van der Waals surface area contributed by atoms with E-state index in [1.165, 1.54) is 12.3 Å². The second kappa shape index (κ2) is 9.63. The molecule has 0 saturated heterocycles. The third-order valence-electron chi connectivity index (χ3n) is 6.54. The molecule has 4 rings (SSSR count). The maximum absolute atomic E-state index is 13.9. The van der Waals surface area contributed by atoms with Crippen LogP contribution >= 0.6 is 0 Å². The molecule has 0 bridgehead atoms. The third kappa shape index (κ3) is 4.64. The van der Waals surface area contributed by atoms with E-state index in [1.807, 2.05) is 44.2 Å². The monoisotopic (exact) mass is 492 g/mol. The lowest BCUT2D eigenvalue weighted by Crippen LogP contribution is -2.59. The lowest BCUT2D eigenvalue weighted by atomic mass is 9.53. The van der Waals surface area contributed by atoms with Crippen LogP contribution in [-0.4, -0.2) is 27.6 Å². The van der Waals surface area contributed by atoms with E-state index < -0.39 is 23.5 Å². The van der Waals surface area contributed by atoms with Crippen molar-refractivity contribution in [2.75, 3.05) is 5.32 Å². The summed E-state index contributed by atoms with van der Waals surface area (Å²) in [5.41, 5.74) is 0.273. The van der Waals surface area contributed by atoms with Gasteiger partial charge in [0.2, 0.25) is 11.8 Å². The molecule has 1 amide bonds. The van der Waals surface area contributed by atoms with Gasteiger partial charge >= 0.3 is 6.61 Å². The molecule has 9 heteroatoms. The molecule has 0 atom stereocenters. The molecule has 2 N–H and O–H groups in total. The van der Waals surface area contributed by atoms with Gasteiger partial charge in [0.15, 0.2) is 0 Å². The van der Waals surface area contributed by atoms with E-state index in [0.29, 0.717) is 17.0 Å². The van der Waals surface area contributed by atoms with E-state index in [2.05, 4.69) is 20.0 Å². The second-order valence-corrected chi connectivity index (χ2v) is 9.39. The van der Waals surface area contributed by atoms with Crippen LogP contribution in [0.4, 0.5) is 14.5 Å². The minimum absolute atomic E-state index is 0.0127. The molecular formula is C27H26F2N4O3. The molecule has 1 aliphatic carbocycles. The maximum Gasteiger partial charge on any atom is 0.388 e. The van der Waals surface area contributed by atoms with Crippen molar-refractivity contribution in [1.29, 1.82) is 5.26 Å². The van der Waals surface area contributed by atoms with Crippen LogP contribution in [0.3, 0.4) is 0 Å². The minimum atomic E-state index is -3.11.